The number of para-hydroxylation sites is 2. The highest BCUT2D eigenvalue weighted by Gasteiger charge is 2.48. The molecule has 0 radical (unpaired) electrons. The zero-order valence-electron chi connectivity index (χ0n) is 45.0. The molecule has 0 amide bonds. The fraction of sp³-hybridized carbons (Fsp3) is 0.262. The highest BCUT2D eigenvalue weighted by Crippen LogP contribution is 2.55. The summed E-state index contributed by atoms with van der Waals surface area (Å²) in [5.74, 6) is 0. The van der Waals surface area contributed by atoms with Crippen molar-refractivity contribution in [1.29, 1.82) is 0 Å². The molecule has 2 aliphatic carbocycles. The summed E-state index contributed by atoms with van der Waals surface area (Å²) in [7, 11) is 0. The van der Waals surface area contributed by atoms with Gasteiger partial charge in [0.15, 0.2) is 0 Å². The van der Waals surface area contributed by atoms with Gasteiger partial charge in [-0.2, -0.15) is 0 Å². The first-order chi connectivity index (χ1) is 34.7. The molecule has 0 N–H and O–H groups in total. The van der Waals surface area contributed by atoms with Crippen molar-refractivity contribution in [2.75, 3.05) is 14.7 Å². The molecule has 0 spiro atoms. The van der Waals surface area contributed by atoms with Gasteiger partial charge in [-0.3, -0.25) is 0 Å². The van der Waals surface area contributed by atoms with E-state index in [1.165, 1.54) is 58.9 Å². The topological polar surface area (TPSA) is 9.72 Å². The standard InChI is InChI=1S/C65H62BN3S/c1-40-31-57-61-58(32-40)69(54-37-51-48(33-41(54)2)64(7,8)39-65(51,9)10)56-38-50-49(62(3,4)29-30-63(50,5)6)36-53(56)66(61)52-27-25-45(67(42-19-13-11-14-20-42)43-21-15-12-16-22-43)35-55(52)68(57)44-26-28-60-47(34-44)46-23-17-18-24-59(46)70-60/h11-28,31-38H,29-30,39H2,1-10H3/i1D3. The third kappa shape index (κ3) is 6.39. The summed E-state index contributed by atoms with van der Waals surface area (Å²) in [4.78, 5) is 7.23. The number of fused-ring (bicyclic) bond motifs is 9. The van der Waals surface area contributed by atoms with Gasteiger partial charge in [-0.15, -0.1) is 11.3 Å². The highest BCUT2D eigenvalue weighted by molar-refractivity contribution is 7.25. The molecule has 1 aromatic heterocycles. The fourth-order valence-electron chi connectivity index (χ4n) is 13.5. The number of hydrogen-bond acceptors (Lipinski definition) is 4. The maximum absolute atomic E-state index is 9.27. The smallest absolute Gasteiger partial charge is 0.252 e. The van der Waals surface area contributed by atoms with E-state index in [1.54, 1.807) is 0 Å². The molecule has 0 atom stereocenters. The lowest BCUT2D eigenvalue weighted by Gasteiger charge is -2.48. The van der Waals surface area contributed by atoms with E-state index in [9.17, 15) is 4.11 Å². The predicted molar refractivity (Wildman–Crippen MR) is 303 cm³/mol. The summed E-state index contributed by atoms with van der Waals surface area (Å²) in [6.07, 6.45) is 3.24. The van der Waals surface area contributed by atoms with Crippen LogP contribution in [0.4, 0.5) is 51.2 Å². The summed E-state index contributed by atoms with van der Waals surface area (Å²) < 4.78 is 30.3. The molecular formula is C65H62BN3S. The fourth-order valence-corrected chi connectivity index (χ4v) is 14.6. The molecular weight excluding hydrogens is 866 g/mol. The van der Waals surface area contributed by atoms with Gasteiger partial charge in [0.05, 0.1) is 0 Å². The number of thiophene rings is 1. The van der Waals surface area contributed by atoms with Gasteiger partial charge in [-0.1, -0.05) is 128 Å². The van der Waals surface area contributed by atoms with Crippen LogP contribution in [0.15, 0.2) is 158 Å². The van der Waals surface area contributed by atoms with Gasteiger partial charge >= 0.3 is 0 Å². The van der Waals surface area contributed by atoms with Crippen LogP contribution in [0.1, 0.15) is 112 Å². The second kappa shape index (κ2) is 15.0. The van der Waals surface area contributed by atoms with Gasteiger partial charge < -0.3 is 14.7 Å². The lowest BCUT2D eigenvalue weighted by atomic mass is 9.33. The molecule has 13 rings (SSSR count). The van der Waals surface area contributed by atoms with Crippen molar-refractivity contribution in [3.63, 3.8) is 0 Å². The molecule has 3 heterocycles. The Morgan fingerprint density at radius 2 is 1.06 bits per heavy atom. The zero-order chi connectivity index (χ0) is 50.7. The molecule has 9 aromatic rings. The van der Waals surface area contributed by atoms with Crippen molar-refractivity contribution in [2.24, 2.45) is 0 Å². The molecule has 5 heteroatoms. The van der Waals surface area contributed by atoms with Crippen LogP contribution in [0, 0.1) is 13.8 Å². The van der Waals surface area contributed by atoms with Gasteiger partial charge in [0.25, 0.3) is 6.71 Å². The molecule has 8 aromatic carbocycles. The average molecular weight is 931 g/mol. The predicted octanol–water partition coefficient (Wildman–Crippen LogP) is 16.5. The number of anilines is 9. The van der Waals surface area contributed by atoms with Crippen LogP contribution < -0.4 is 31.1 Å². The van der Waals surface area contributed by atoms with E-state index in [2.05, 4.69) is 223 Å². The SMILES string of the molecule is [2H]C([2H])([2H])c1cc2c3c(c1)N(c1cc4c(cc1C)C(C)(C)CC4(C)C)c1cc4c(cc1B3c1ccc(N(c3ccccc3)c3ccccc3)cc1N2c1ccc2sc3ccccc3c2c1)C(C)(C)CCC4(C)C. The third-order valence-corrected chi connectivity index (χ3v) is 18.0. The number of aryl methyl sites for hydroxylation is 2. The summed E-state index contributed by atoms with van der Waals surface area (Å²) in [5, 5.41) is 2.41. The van der Waals surface area contributed by atoms with Crippen molar-refractivity contribution in [3.8, 4) is 0 Å². The first-order valence-electron chi connectivity index (χ1n) is 26.8. The Labute approximate surface area is 423 Å². The van der Waals surface area contributed by atoms with Crippen molar-refractivity contribution in [1.82, 2.24) is 0 Å². The quantitative estimate of drug-likeness (QED) is 0.159. The molecule has 0 saturated heterocycles. The van der Waals surface area contributed by atoms with Crippen molar-refractivity contribution in [3.05, 3.63) is 191 Å². The Bertz CT molecular complexity index is 3720. The van der Waals surface area contributed by atoms with E-state index in [-0.39, 0.29) is 28.4 Å². The van der Waals surface area contributed by atoms with E-state index >= 15 is 0 Å². The van der Waals surface area contributed by atoms with Gasteiger partial charge in [-0.25, -0.2) is 0 Å². The Balaban J connectivity index is 1.17. The van der Waals surface area contributed by atoms with Crippen molar-refractivity contribution in [2.45, 2.75) is 110 Å². The summed E-state index contributed by atoms with van der Waals surface area (Å²) in [5.41, 5.74) is 19.8. The van der Waals surface area contributed by atoms with Crippen molar-refractivity contribution < 1.29 is 4.11 Å². The molecule has 0 fully saturated rings. The van der Waals surface area contributed by atoms with Crippen LogP contribution >= 0.6 is 11.3 Å². The Kier molecular flexibility index (Phi) is 8.60. The van der Waals surface area contributed by atoms with E-state index in [4.69, 9.17) is 0 Å². The van der Waals surface area contributed by atoms with Crippen LogP contribution in [0.3, 0.4) is 0 Å². The Morgan fingerprint density at radius 3 is 1.74 bits per heavy atom. The van der Waals surface area contributed by atoms with E-state index in [0.29, 0.717) is 5.56 Å². The lowest BCUT2D eigenvalue weighted by Crippen LogP contribution is -2.62. The van der Waals surface area contributed by atoms with Crippen LogP contribution in [-0.4, -0.2) is 6.71 Å². The maximum atomic E-state index is 9.27. The van der Waals surface area contributed by atoms with Crippen LogP contribution in [0.5, 0.6) is 0 Å². The van der Waals surface area contributed by atoms with Crippen molar-refractivity contribution >= 4 is 106 Å². The third-order valence-electron chi connectivity index (χ3n) is 16.8. The normalized spacial score (nSPS) is 18.3. The maximum Gasteiger partial charge on any atom is 0.252 e. The number of hydrogen-bond donors (Lipinski definition) is 0. The first kappa shape index (κ1) is 40.2. The molecule has 0 unspecified atom stereocenters. The number of nitrogens with zero attached hydrogens (tertiary/aromatic N) is 3. The molecule has 0 bridgehead atoms. The molecule has 3 nitrogen and oxygen atoms in total. The lowest BCUT2D eigenvalue weighted by molar-refractivity contribution is 0.332. The second-order valence-corrected chi connectivity index (χ2v) is 24.5. The summed E-state index contributed by atoms with van der Waals surface area (Å²) in [6, 6.07) is 57.9. The van der Waals surface area contributed by atoms with Gasteiger partial charge in [-0.05, 0) is 189 Å². The minimum atomic E-state index is -2.40. The zero-order valence-corrected chi connectivity index (χ0v) is 42.8. The van der Waals surface area contributed by atoms with Gasteiger partial charge in [0.2, 0.25) is 0 Å². The summed E-state index contributed by atoms with van der Waals surface area (Å²) >= 11 is 1.82. The molecule has 0 saturated carbocycles. The number of benzene rings is 8. The largest absolute Gasteiger partial charge is 0.311 e. The van der Waals surface area contributed by atoms with Crippen LogP contribution in [0.25, 0.3) is 20.2 Å². The minimum absolute atomic E-state index is 0.0244. The van der Waals surface area contributed by atoms with Crippen LogP contribution in [-0.2, 0) is 21.7 Å². The summed E-state index contributed by atoms with van der Waals surface area (Å²) in [6.45, 7) is 18.9. The second-order valence-electron chi connectivity index (χ2n) is 23.4. The average Bonchev–Trinajstić information content (AvgIpc) is 3.81. The highest BCUT2D eigenvalue weighted by atomic mass is 32.1. The molecule has 70 heavy (non-hydrogen) atoms. The van der Waals surface area contributed by atoms with E-state index in [1.807, 2.05) is 23.5 Å². The van der Waals surface area contributed by atoms with E-state index < -0.39 is 6.85 Å². The van der Waals surface area contributed by atoms with Gasteiger partial charge in [0.1, 0.15) is 0 Å². The van der Waals surface area contributed by atoms with Crippen LogP contribution in [0.2, 0.25) is 0 Å². The Hall–Kier alpha value is -6.56. The monoisotopic (exact) mass is 930 g/mol. The minimum Gasteiger partial charge on any atom is -0.311 e. The first-order valence-corrected chi connectivity index (χ1v) is 26.1. The molecule has 4 aliphatic rings. The number of rotatable bonds is 5. The Morgan fingerprint density at radius 1 is 0.486 bits per heavy atom. The molecule has 346 valence electrons. The molecule has 2 aliphatic heterocycles. The van der Waals surface area contributed by atoms with E-state index in [0.717, 1.165) is 75.9 Å². The van der Waals surface area contributed by atoms with Gasteiger partial charge in [0, 0.05) is 75.5 Å².